The number of benzene rings is 4. The molecule has 6 heteroatoms. The molecular formula is C25H17ClN2O3. The number of hydrogen-bond acceptors (Lipinski definition) is 4. The number of hydrogen-bond donors (Lipinski definition) is 1. The predicted octanol–water partition coefficient (Wildman–Crippen LogP) is 6.32. The van der Waals surface area contributed by atoms with Crippen molar-refractivity contribution in [2.24, 2.45) is 0 Å². The van der Waals surface area contributed by atoms with Crippen molar-refractivity contribution >= 4 is 45.1 Å². The number of carbonyl (C=O) groups excluding carboxylic acids is 1. The van der Waals surface area contributed by atoms with E-state index < -0.39 is 0 Å². The Morgan fingerprint density at radius 1 is 0.968 bits per heavy atom. The molecule has 0 unspecified atom stereocenters. The zero-order valence-electron chi connectivity index (χ0n) is 16.3. The predicted molar refractivity (Wildman–Crippen MR) is 123 cm³/mol. The van der Waals surface area contributed by atoms with Crippen LogP contribution in [-0.2, 0) is 4.79 Å². The molecule has 0 radical (unpaired) electrons. The molecule has 152 valence electrons. The van der Waals surface area contributed by atoms with Gasteiger partial charge in [0.05, 0.1) is 0 Å². The first-order chi connectivity index (χ1) is 15.2. The van der Waals surface area contributed by atoms with Crippen molar-refractivity contribution in [3.63, 3.8) is 0 Å². The SMILES string of the molecule is O=C(COc1ccc(Cl)cc1)Nc1cccc(-c2nc3c(ccc4ccccc43)o2)c1. The Balaban J connectivity index is 1.34. The molecule has 0 atom stereocenters. The second kappa shape index (κ2) is 8.13. The molecule has 0 aliphatic rings. The Bertz CT molecular complexity index is 1390. The summed E-state index contributed by atoms with van der Waals surface area (Å²) < 4.78 is 11.5. The number of anilines is 1. The molecule has 4 aromatic carbocycles. The Morgan fingerprint density at radius 3 is 2.68 bits per heavy atom. The molecule has 1 N–H and O–H groups in total. The Kier molecular flexibility index (Phi) is 5.02. The van der Waals surface area contributed by atoms with Gasteiger partial charge in [0.25, 0.3) is 5.91 Å². The van der Waals surface area contributed by atoms with Crippen molar-refractivity contribution in [2.75, 3.05) is 11.9 Å². The summed E-state index contributed by atoms with van der Waals surface area (Å²) in [6, 6.07) is 26.2. The maximum atomic E-state index is 12.3. The molecule has 0 aliphatic carbocycles. The van der Waals surface area contributed by atoms with Crippen LogP contribution in [0.2, 0.25) is 5.02 Å². The van der Waals surface area contributed by atoms with Crippen LogP contribution in [0.4, 0.5) is 5.69 Å². The van der Waals surface area contributed by atoms with Crippen LogP contribution in [0.15, 0.2) is 89.3 Å². The summed E-state index contributed by atoms with van der Waals surface area (Å²) in [5, 5.41) is 5.60. The first-order valence-electron chi connectivity index (χ1n) is 9.73. The van der Waals surface area contributed by atoms with Crippen LogP contribution < -0.4 is 10.1 Å². The number of aromatic nitrogens is 1. The van der Waals surface area contributed by atoms with E-state index in [1.165, 1.54) is 0 Å². The number of carbonyl (C=O) groups is 1. The maximum Gasteiger partial charge on any atom is 0.262 e. The molecule has 5 nitrogen and oxygen atoms in total. The third-order valence-electron chi connectivity index (χ3n) is 4.86. The number of fused-ring (bicyclic) bond motifs is 3. The fourth-order valence-electron chi connectivity index (χ4n) is 3.39. The summed E-state index contributed by atoms with van der Waals surface area (Å²) in [6.07, 6.45) is 0. The smallest absolute Gasteiger partial charge is 0.262 e. The van der Waals surface area contributed by atoms with Crippen LogP contribution in [-0.4, -0.2) is 17.5 Å². The largest absolute Gasteiger partial charge is 0.484 e. The molecule has 0 fully saturated rings. The standard InChI is InChI=1S/C25H17ClN2O3/c26-18-9-11-20(12-10-18)30-15-23(29)27-19-6-3-5-17(14-19)25-28-24-21-7-2-1-4-16(21)8-13-22(24)31-25/h1-14H,15H2,(H,27,29). The van der Waals surface area contributed by atoms with Crippen LogP contribution in [0.3, 0.4) is 0 Å². The minimum absolute atomic E-state index is 0.110. The van der Waals surface area contributed by atoms with Gasteiger partial charge >= 0.3 is 0 Å². The van der Waals surface area contributed by atoms with E-state index in [-0.39, 0.29) is 12.5 Å². The van der Waals surface area contributed by atoms with Crippen molar-refractivity contribution < 1.29 is 13.9 Å². The fraction of sp³-hybridized carbons (Fsp3) is 0.0400. The summed E-state index contributed by atoms with van der Waals surface area (Å²) in [6.45, 7) is -0.110. The molecule has 0 spiro atoms. The van der Waals surface area contributed by atoms with Gasteiger partial charge in [-0.15, -0.1) is 0 Å². The molecule has 1 aromatic heterocycles. The van der Waals surface area contributed by atoms with Crippen LogP contribution >= 0.6 is 11.6 Å². The summed E-state index contributed by atoms with van der Waals surface area (Å²) in [5.41, 5.74) is 2.95. The summed E-state index contributed by atoms with van der Waals surface area (Å²) in [7, 11) is 0. The van der Waals surface area contributed by atoms with Gasteiger partial charge in [-0.1, -0.05) is 48.0 Å². The van der Waals surface area contributed by atoms with E-state index >= 15 is 0 Å². The van der Waals surface area contributed by atoms with Gasteiger partial charge in [0.2, 0.25) is 5.89 Å². The Hall–Kier alpha value is -3.83. The minimum Gasteiger partial charge on any atom is -0.484 e. The minimum atomic E-state index is -0.268. The maximum absolute atomic E-state index is 12.3. The Labute approximate surface area is 183 Å². The average Bonchev–Trinajstić information content (AvgIpc) is 3.24. The molecule has 0 bridgehead atoms. The highest BCUT2D eigenvalue weighted by atomic mass is 35.5. The third kappa shape index (κ3) is 4.09. The number of nitrogens with zero attached hydrogens (tertiary/aromatic N) is 1. The van der Waals surface area contributed by atoms with Gasteiger partial charge in [-0.2, -0.15) is 0 Å². The number of amides is 1. The zero-order chi connectivity index (χ0) is 21.2. The Morgan fingerprint density at radius 2 is 1.81 bits per heavy atom. The molecular weight excluding hydrogens is 412 g/mol. The van der Waals surface area contributed by atoms with E-state index in [1.54, 1.807) is 24.3 Å². The average molecular weight is 429 g/mol. The number of nitrogens with one attached hydrogen (secondary N) is 1. The lowest BCUT2D eigenvalue weighted by Gasteiger charge is -2.08. The molecule has 5 rings (SSSR count). The summed E-state index contributed by atoms with van der Waals surface area (Å²) in [4.78, 5) is 17.0. The fourth-order valence-corrected chi connectivity index (χ4v) is 3.52. The van der Waals surface area contributed by atoms with Gasteiger partial charge in [0, 0.05) is 21.7 Å². The molecule has 31 heavy (non-hydrogen) atoms. The van der Waals surface area contributed by atoms with E-state index in [9.17, 15) is 4.79 Å². The van der Waals surface area contributed by atoms with Gasteiger partial charge in [-0.3, -0.25) is 4.79 Å². The van der Waals surface area contributed by atoms with Gasteiger partial charge < -0.3 is 14.5 Å². The molecule has 0 saturated carbocycles. The molecule has 5 aromatic rings. The number of rotatable bonds is 5. The number of halogens is 1. The monoisotopic (exact) mass is 428 g/mol. The highest BCUT2D eigenvalue weighted by Crippen LogP contribution is 2.30. The quantitative estimate of drug-likeness (QED) is 0.356. The summed E-state index contributed by atoms with van der Waals surface area (Å²) >= 11 is 5.85. The van der Waals surface area contributed by atoms with Crippen LogP contribution in [0.1, 0.15) is 0 Å². The number of oxazole rings is 1. The second-order valence-electron chi connectivity index (χ2n) is 7.02. The number of ether oxygens (including phenoxy) is 1. The van der Waals surface area contributed by atoms with Crippen molar-refractivity contribution in [3.8, 4) is 17.2 Å². The first kappa shape index (κ1) is 19.2. The lowest BCUT2D eigenvalue weighted by atomic mass is 10.1. The molecule has 0 saturated heterocycles. The van der Waals surface area contributed by atoms with Crippen molar-refractivity contribution in [1.82, 2.24) is 4.98 Å². The van der Waals surface area contributed by atoms with E-state index in [4.69, 9.17) is 25.7 Å². The first-order valence-corrected chi connectivity index (χ1v) is 10.1. The highest BCUT2D eigenvalue weighted by Gasteiger charge is 2.12. The zero-order valence-corrected chi connectivity index (χ0v) is 17.1. The van der Waals surface area contributed by atoms with Gasteiger partial charge in [-0.25, -0.2) is 4.98 Å². The lowest BCUT2D eigenvalue weighted by molar-refractivity contribution is -0.118. The van der Waals surface area contributed by atoms with E-state index in [1.807, 2.05) is 60.7 Å². The van der Waals surface area contributed by atoms with Crippen molar-refractivity contribution in [1.29, 1.82) is 0 Å². The van der Waals surface area contributed by atoms with Crippen LogP contribution in [0, 0.1) is 0 Å². The van der Waals surface area contributed by atoms with E-state index in [0.29, 0.717) is 22.4 Å². The van der Waals surface area contributed by atoms with Crippen LogP contribution in [0.5, 0.6) is 5.75 Å². The lowest BCUT2D eigenvalue weighted by Crippen LogP contribution is -2.20. The molecule has 1 amide bonds. The van der Waals surface area contributed by atoms with E-state index in [2.05, 4.69) is 5.32 Å². The molecule has 1 heterocycles. The van der Waals surface area contributed by atoms with Crippen LogP contribution in [0.25, 0.3) is 33.3 Å². The third-order valence-corrected chi connectivity index (χ3v) is 5.11. The molecule has 0 aliphatic heterocycles. The van der Waals surface area contributed by atoms with Gasteiger partial charge in [0.15, 0.2) is 12.2 Å². The van der Waals surface area contributed by atoms with E-state index in [0.717, 1.165) is 27.4 Å². The van der Waals surface area contributed by atoms with Gasteiger partial charge in [-0.05, 0) is 53.9 Å². The van der Waals surface area contributed by atoms with Crippen molar-refractivity contribution in [3.05, 3.63) is 90.0 Å². The topological polar surface area (TPSA) is 64.4 Å². The van der Waals surface area contributed by atoms with Gasteiger partial charge in [0.1, 0.15) is 11.3 Å². The highest BCUT2D eigenvalue weighted by molar-refractivity contribution is 6.30. The van der Waals surface area contributed by atoms with Crippen molar-refractivity contribution in [2.45, 2.75) is 0 Å². The normalized spacial score (nSPS) is 11.0. The summed E-state index contributed by atoms with van der Waals surface area (Å²) in [5.74, 6) is 0.808. The second-order valence-corrected chi connectivity index (χ2v) is 7.46.